The van der Waals surface area contributed by atoms with Crippen LogP contribution in [0.1, 0.15) is 55.8 Å². The first-order valence-electron chi connectivity index (χ1n) is 14.4. The number of rotatable bonds is 8. The van der Waals surface area contributed by atoms with Crippen molar-refractivity contribution in [3.8, 4) is 11.5 Å². The van der Waals surface area contributed by atoms with Gasteiger partial charge in [0.15, 0.2) is 4.80 Å². The molecule has 3 aromatic carbocycles. The van der Waals surface area contributed by atoms with Gasteiger partial charge in [-0.1, -0.05) is 47.7 Å². The SMILES string of the molecule is CCOc1ccc(/C=C2\CCCC3=C2N=c2s/c(=C\c4ccccc4[N+](=O)[O-])c(=O)n2C3c2ccc(OCC)cc2)cc1. The van der Waals surface area contributed by atoms with Crippen LogP contribution in [-0.4, -0.2) is 22.7 Å². The van der Waals surface area contributed by atoms with Gasteiger partial charge in [-0.3, -0.25) is 19.5 Å². The Labute approximate surface area is 252 Å². The molecule has 0 saturated heterocycles. The van der Waals surface area contributed by atoms with E-state index in [0.717, 1.165) is 58.7 Å². The second kappa shape index (κ2) is 12.2. The molecular formula is C34H31N3O5S. The van der Waals surface area contributed by atoms with Crippen molar-refractivity contribution in [2.24, 2.45) is 4.99 Å². The van der Waals surface area contributed by atoms with Gasteiger partial charge in [-0.15, -0.1) is 0 Å². The third kappa shape index (κ3) is 5.68. The molecule has 0 fully saturated rings. The molecule has 1 atom stereocenters. The topological polar surface area (TPSA) is 96.0 Å². The molecule has 0 bridgehead atoms. The van der Waals surface area contributed by atoms with Crippen molar-refractivity contribution < 1.29 is 14.4 Å². The highest BCUT2D eigenvalue weighted by molar-refractivity contribution is 7.07. The van der Waals surface area contributed by atoms with Crippen LogP contribution in [-0.2, 0) is 0 Å². The largest absolute Gasteiger partial charge is 0.494 e. The van der Waals surface area contributed by atoms with Crippen LogP contribution in [0.3, 0.4) is 0 Å². The molecule has 218 valence electrons. The standard InChI is InChI=1S/C34H31N3O5S/c1-3-41-26-16-12-22(13-17-26)20-25-9-7-10-28-31(25)35-34-36(32(28)23-14-18-27(19-15-23)42-4-2)33(38)30(43-34)21-24-8-5-6-11-29(24)37(39)40/h5-6,8,11-21,32H,3-4,7,9-10H2,1-2H3/b25-20+,30-21-. The van der Waals surface area contributed by atoms with Gasteiger partial charge >= 0.3 is 0 Å². The van der Waals surface area contributed by atoms with Crippen molar-refractivity contribution >= 4 is 29.2 Å². The highest BCUT2D eigenvalue weighted by atomic mass is 32.1. The quantitative estimate of drug-likeness (QED) is 0.179. The van der Waals surface area contributed by atoms with Gasteiger partial charge in [0.2, 0.25) is 0 Å². The maximum Gasteiger partial charge on any atom is 0.276 e. The number of ether oxygens (including phenoxy) is 2. The van der Waals surface area contributed by atoms with Crippen LogP contribution in [0.5, 0.6) is 11.5 Å². The van der Waals surface area contributed by atoms with Crippen molar-refractivity contribution in [2.45, 2.75) is 39.2 Å². The van der Waals surface area contributed by atoms with Gasteiger partial charge in [0, 0.05) is 6.07 Å². The van der Waals surface area contributed by atoms with Crippen LogP contribution in [0.25, 0.3) is 12.2 Å². The van der Waals surface area contributed by atoms with E-state index in [-0.39, 0.29) is 17.3 Å². The Kier molecular flexibility index (Phi) is 8.07. The average Bonchev–Trinajstić information content (AvgIpc) is 3.32. The number of hydrogen-bond acceptors (Lipinski definition) is 7. The van der Waals surface area contributed by atoms with Crippen LogP contribution in [0.15, 0.2) is 99.4 Å². The third-order valence-corrected chi connectivity index (χ3v) is 8.58. The second-order valence-corrected chi connectivity index (χ2v) is 11.3. The maximum atomic E-state index is 14.0. The monoisotopic (exact) mass is 593 g/mol. The van der Waals surface area contributed by atoms with E-state index in [0.29, 0.717) is 28.1 Å². The normalized spacial score (nSPS) is 17.3. The van der Waals surface area contributed by atoms with E-state index in [1.165, 1.54) is 17.4 Å². The third-order valence-electron chi connectivity index (χ3n) is 7.59. The summed E-state index contributed by atoms with van der Waals surface area (Å²) in [6.07, 6.45) is 6.40. The molecule has 0 amide bonds. The van der Waals surface area contributed by atoms with E-state index >= 15 is 0 Å². The minimum Gasteiger partial charge on any atom is -0.494 e. The molecule has 0 spiro atoms. The zero-order valence-corrected chi connectivity index (χ0v) is 24.8. The molecular weight excluding hydrogens is 562 g/mol. The van der Waals surface area contributed by atoms with Gasteiger partial charge in [0.05, 0.1) is 40.0 Å². The Morgan fingerprint density at radius 3 is 2.30 bits per heavy atom. The molecule has 1 aromatic heterocycles. The molecule has 1 unspecified atom stereocenters. The van der Waals surface area contributed by atoms with E-state index < -0.39 is 4.92 Å². The zero-order chi connectivity index (χ0) is 29.9. The Bertz CT molecular complexity index is 1920. The summed E-state index contributed by atoms with van der Waals surface area (Å²) >= 11 is 1.26. The molecule has 43 heavy (non-hydrogen) atoms. The number of fused-ring (bicyclic) bond motifs is 1. The van der Waals surface area contributed by atoms with Crippen LogP contribution < -0.4 is 24.4 Å². The average molecular weight is 594 g/mol. The van der Waals surface area contributed by atoms with Crippen molar-refractivity contribution in [2.75, 3.05) is 13.2 Å². The van der Waals surface area contributed by atoms with Gasteiger partial charge in [0.25, 0.3) is 11.2 Å². The van der Waals surface area contributed by atoms with Crippen LogP contribution in [0.4, 0.5) is 5.69 Å². The summed E-state index contributed by atoms with van der Waals surface area (Å²) in [7, 11) is 0. The Morgan fingerprint density at radius 1 is 0.953 bits per heavy atom. The van der Waals surface area contributed by atoms with Gasteiger partial charge in [-0.25, -0.2) is 4.99 Å². The summed E-state index contributed by atoms with van der Waals surface area (Å²) in [6, 6.07) is 22.0. The first kappa shape index (κ1) is 28.4. The van der Waals surface area contributed by atoms with Crippen molar-refractivity contribution in [1.29, 1.82) is 0 Å². The summed E-state index contributed by atoms with van der Waals surface area (Å²) in [5.74, 6) is 1.60. The predicted octanol–water partition coefficient (Wildman–Crippen LogP) is 6.19. The molecule has 2 heterocycles. The van der Waals surface area contributed by atoms with Gasteiger partial charge in [0.1, 0.15) is 11.5 Å². The number of hydrogen-bond donors (Lipinski definition) is 0. The van der Waals surface area contributed by atoms with E-state index in [9.17, 15) is 14.9 Å². The minimum absolute atomic E-state index is 0.0451. The molecule has 4 aromatic rings. The molecule has 0 N–H and O–H groups in total. The summed E-state index contributed by atoms with van der Waals surface area (Å²) in [5.41, 5.74) is 5.28. The lowest BCUT2D eigenvalue weighted by molar-refractivity contribution is -0.385. The van der Waals surface area contributed by atoms with E-state index in [4.69, 9.17) is 14.5 Å². The van der Waals surface area contributed by atoms with Crippen LogP contribution >= 0.6 is 11.3 Å². The fourth-order valence-electron chi connectivity index (χ4n) is 5.71. The highest BCUT2D eigenvalue weighted by Crippen LogP contribution is 2.41. The molecule has 1 aliphatic heterocycles. The zero-order valence-electron chi connectivity index (χ0n) is 24.0. The van der Waals surface area contributed by atoms with Crippen LogP contribution in [0.2, 0.25) is 0 Å². The summed E-state index contributed by atoms with van der Waals surface area (Å²) in [4.78, 5) is 30.9. The first-order chi connectivity index (χ1) is 21.0. The van der Waals surface area contributed by atoms with Crippen molar-refractivity contribution in [3.63, 3.8) is 0 Å². The van der Waals surface area contributed by atoms with E-state index in [1.54, 1.807) is 28.8 Å². The molecule has 9 heteroatoms. The van der Waals surface area contributed by atoms with Gasteiger partial charge < -0.3 is 9.47 Å². The number of benzene rings is 3. The lowest BCUT2D eigenvalue weighted by Gasteiger charge is -2.31. The summed E-state index contributed by atoms with van der Waals surface area (Å²) in [5, 5.41) is 11.7. The molecule has 0 radical (unpaired) electrons. The number of nitrogens with zero attached hydrogens (tertiary/aromatic N) is 3. The molecule has 6 rings (SSSR count). The number of aromatic nitrogens is 1. The summed E-state index contributed by atoms with van der Waals surface area (Å²) in [6.45, 7) is 5.09. The molecule has 8 nitrogen and oxygen atoms in total. The summed E-state index contributed by atoms with van der Waals surface area (Å²) < 4.78 is 13.4. The predicted molar refractivity (Wildman–Crippen MR) is 168 cm³/mol. The van der Waals surface area contributed by atoms with Crippen molar-refractivity contribution in [1.82, 2.24) is 4.57 Å². The minimum atomic E-state index is -0.428. The first-order valence-corrected chi connectivity index (χ1v) is 15.2. The lowest BCUT2D eigenvalue weighted by atomic mass is 9.84. The fourth-order valence-corrected chi connectivity index (χ4v) is 6.71. The Balaban J connectivity index is 1.53. The molecule has 2 aliphatic rings. The highest BCUT2D eigenvalue weighted by Gasteiger charge is 2.32. The molecule has 0 saturated carbocycles. The van der Waals surface area contributed by atoms with Crippen LogP contribution in [0, 0.1) is 10.1 Å². The van der Waals surface area contributed by atoms with Gasteiger partial charge in [-0.05, 0) is 97.9 Å². The van der Waals surface area contributed by atoms with E-state index in [1.807, 2.05) is 62.4 Å². The Morgan fingerprint density at radius 2 is 1.63 bits per heavy atom. The van der Waals surface area contributed by atoms with E-state index in [2.05, 4.69) is 6.08 Å². The number of para-hydroxylation sites is 1. The fraction of sp³-hybridized carbons (Fsp3) is 0.235. The van der Waals surface area contributed by atoms with Gasteiger partial charge in [-0.2, -0.15) is 0 Å². The number of nitro groups is 1. The maximum absolute atomic E-state index is 14.0. The molecule has 1 aliphatic carbocycles. The number of thiazole rings is 1. The smallest absolute Gasteiger partial charge is 0.276 e. The van der Waals surface area contributed by atoms with Crippen molar-refractivity contribution in [3.05, 3.63) is 136 Å². The Hall–Kier alpha value is -4.76. The lowest BCUT2D eigenvalue weighted by Crippen LogP contribution is -2.39. The second-order valence-electron chi connectivity index (χ2n) is 10.3. The number of nitro benzene ring substituents is 1. The number of allylic oxidation sites excluding steroid dienone is 2.